The number of benzene rings is 1. The highest BCUT2D eigenvalue weighted by Crippen LogP contribution is 2.21. The average molecular weight is 339 g/mol. The molecule has 2 amide bonds. The summed E-state index contributed by atoms with van der Waals surface area (Å²) >= 11 is 0. The van der Waals surface area contributed by atoms with E-state index in [9.17, 15) is 14.4 Å². The molecule has 1 aromatic carbocycles. The summed E-state index contributed by atoms with van der Waals surface area (Å²) in [6.45, 7) is 3.14. The van der Waals surface area contributed by atoms with Crippen molar-refractivity contribution in [3.8, 4) is 0 Å². The fraction of sp³-hybridized carbons (Fsp3) is 0.316. The van der Waals surface area contributed by atoms with Gasteiger partial charge in [-0.15, -0.1) is 0 Å². The Kier molecular flexibility index (Phi) is 4.97. The molecule has 2 heterocycles. The Balaban J connectivity index is 1.72. The molecule has 1 aliphatic rings. The first-order chi connectivity index (χ1) is 12.1. The number of rotatable bonds is 4. The summed E-state index contributed by atoms with van der Waals surface area (Å²) in [4.78, 5) is 37.7. The molecule has 6 nitrogen and oxygen atoms in total. The average Bonchev–Trinajstić information content (AvgIpc) is 2.64. The van der Waals surface area contributed by atoms with Gasteiger partial charge in [0.15, 0.2) is 0 Å². The lowest BCUT2D eigenvalue weighted by atomic mass is 10.1. The molecular formula is C19H21N3O3. The minimum absolute atomic E-state index is 0.101. The highest BCUT2D eigenvalue weighted by molar-refractivity contribution is 6.04. The zero-order chi connectivity index (χ0) is 17.8. The Morgan fingerprint density at radius 3 is 2.52 bits per heavy atom. The van der Waals surface area contributed by atoms with Crippen molar-refractivity contribution < 1.29 is 9.59 Å². The Morgan fingerprint density at radius 1 is 1.08 bits per heavy atom. The van der Waals surface area contributed by atoms with Gasteiger partial charge in [-0.2, -0.15) is 0 Å². The van der Waals surface area contributed by atoms with Crippen molar-refractivity contribution in [3.05, 3.63) is 58.5 Å². The summed E-state index contributed by atoms with van der Waals surface area (Å²) in [6, 6.07) is 10.0. The maximum absolute atomic E-state index is 12.4. The minimum atomic E-state index is -0.252. The molecule has 0 saturated carbocycles. The van der Waals surface area contributed by atoms with Gasteiger partial charge in [0.25, 0.3) is 11.5 Å². The third kappa shape index (κ3) is 3.79. The second-order valence-corrected chi connectivity index (χ2v) is 6.05. The molecule has 25 heavy (non-hydrogen) atoms. The number of hydrogen-bond acceptors (Lipinski definition) is 3. The third-order valence-corrected chi connectivity index (χ3v) is 4.35. The van der Waals surface area contributed by atoms with Crippen molar-refractivity contribution in [1.29, 1.82) is 0 Å². The standard InChI is InChI=1S/C19H21N3O3/c1-2-21-13-15(8-11-17(21)23)20-19(25)14-6-9-16(10-7-14)22-12-4-3-5-18(22)24/h6-11,13H,2-5,12H2,1H3,(H,20,25). The van der Waals surface area contributed by atoms with Gasteiger partial charge in [-0.1, -0.05) is 0 Å². The summed E-state index contributed by atoms with van der Waals surface area (Å²) in [7, 11) is 0. The van der Waals surface area contributed by atoms with Gasteiger partial charge in [0, 0.05) is 43.0 Å². The van der Waals surface area contributed by atoms with E-state index in [0.717, 1.165) is 25.1 Å². The third-order valence-electron chi connectivity index (χ3n) is 4.35. The molecule has 130 valence electrons. The zero-order valence-electron chi connectivity index (χ0n) is 14.2. The first-order valence-corrected chi connectivity index (χ1v) is 8.51. The highest BCUT2D eigenvalue weighted by atomic mass is 16.2. The lowest BCUT2D eigenvalue weighted by molar-refractivity contribution is -0.119. The van der Waals surface area contributed by atoms with Crippen LogP contribution in [0, 0.1) is 0 Å². The van der Waals surface area contributed by atoms with Crippen molar-refractivity contribution in [2.45, 2.75) is 32.7 Å². The number of nitrogens with one attached hydrogen (secondary N) is 1. The summed E-state index contributed by atoms with van der Waals surface area (Å²) < 4.78 is 1.53. The largest absolute Gasteiger partial charge is 0.321 e. The molecular weight excluding hydrogens is 318 g/mol. The van der Waals surface area contributed by atoms with E-state index < -0.39 is 0 Å². The van der Waals surface area contributed by atoms with Gasteiger partial charge in [0.1, 0.15) is 0 Å². The molecule has 1 saturated heterocycles. The Labute approximate surface area is 146 Å². The fourth-order valence-corrected chi connectivity index (χ4v) is 2.93. The van der Waals surface area contributed by atoms with Crippen LogP contribution in [0.4, 0.5) is 11.4 Å². The number of amides is 2. The van der Waals surface area contributed by atoms with E-state index in [-0.39, 0.29) is 17.4 Å². The molecule has 1 N–H and O–H groups in total. The van der Waals surface area contributed by atoms with Crippen LogP contribution >= 0.6 is 0 Å². The normalized spacial score (nSPS) is 14.4. The van der Waals surface area contributed by atoms with Gasteiger partial charge in [0.2, 0.25) is 5.91 Å². The summed E-state index contributed by atoms with van der Waals surface area (Å²) in [5.74, 6) is -0.122. The molecule has 3 rings (SSSR count). The van der Waals surface area contributed by atoms with E-state index in [1.54, 1.807) is 41.4 Å². The minimum Gasteiger partial charge on any atom is -0.321 e. The molecule has 0 spiro atoms. The first-order valence-electron chi connectivity index (χ1n) is 8.51. The van der Waals surface area contributed by atoms with Gasteiger partial charge in [-0.05, 0) is 50.1 Å². The Morgan fingerprint density at radius 2 is 1.84 bits per heavy atom. The van der Waals surface area contributed by atoms with Gasteiger partial charge >= 0.3 is 0 Å². The summed E-state index contributed by atoms with van der Waals surface area (Å²) in [5, 5.41) is 2.79. The van der Waals surface area contributed by atoms with Gasteiger partial charge in [-0.3, -0.25) is 14.4 Å². The van der Waals surface area contributed by atoms with Crippen molar-refractivity contribution in [3.63, 3.8) is 0 Å². The van der Waals surface area contributed by atoms with E-state index in [0.29, 0.717) is 24.2 Å². The van der Waals surface area contributed by atoms with Crippen LogP contribution in [-0.2, 0) is 11.3 Å². The first kappa shape index (κ1) is 17.0. The van der Waals surface area contributed by atoms with Crippen molar-refractivity contribution in [1.82, 2.24) is 4.57 Å². The van der Waals surface area contributed by atoms with Gasteiger partial charge in [0.05, 0.1) is 5.69 Å². The summed E-state index contributed by atoms with van der Waals surface area (Å²) in [6.07, 6.45) is 4.15. The van der Waals surface area contributed by atoms with Gasteiger partial charge in [-0.25, -0.2) is 0 Å². The van der Waals surface area contributed by atoms with Crippen LogP contribution in [-0.4, -0.2) is 22.9 Å². The molecule has 0 bridgehead atoms. The lowest BCUT2D eigenvalue weighted by Crippen LogP contribution is -2.35. The van der Waals surface area contributed by atoms with E-state index in [4.69, 9.17) is 0 Å². The summed E-state index contributed by atoms with van der Waals surface area (Å²) in [5.41, 5.74) is 1.79. The van der Waals surface area contributed by atoms with Crippen molar-refractivity contribution in [2.75, 3.05) is 16.8 Å². The molecule has 2 aromatic rings. The van der Waals surface area contributed by atoms with Crippen LogP contribution in [0.1, 0.15) is 36.5 Å². The van der Waals surface area contributed by atoms with Crippen LogP contribution in [0.5, 0.6) is 0 Å². The smallest absolute Gasteiger partial charge is 0.255 e. The van der Waals surface area contributed by atoms with Crippen LogP contribution in [0.25, 0.3) is 0 Å². The van der Waals surface area contributed by atoms with Crippen LogP contribution < -0.4 is 15.8 Å². The van der Waals surface area contributed by atoms with Crippen molar-refractivity contribution >= 4 is 23.2 Å². The Bertz CT molecular complexity index is 840. The second kappa shape index (κ2) is 7.34. The maximum Gasteiger partial charge on any atom is 0.255 e. The van der Waals surface area contributed by atoms with Crippen molar-refractivity contribution in [2.24, 2.45) is 0 Å². The van der Waals surface area contributed by atoms with E-state index in [1.165, 1.54) is 10.6 Å². The van der Waals surface area contributed by atoms with Gasteiger partial charge < -0.3 is 14.8 Å². The van der Waals surface area contributed by atoms with E-state index >= 15 is 0 Å². The number of pyridine rings is 1. The van der Waals surface area contributed by atoms with Crippen LogP contribution in [0.3, 0.4) is 0 Å². The van der Waals surface area contributed by atoms with E-state index in [1.807, 2.05) is 6.92 Å². The molecule has 6 heteroatoms. The lowest BCUT2D eigenvalue weighted by Gasteiger charge is -2.26. The monoisotopic (exact) mass is 339 g/mol. The topological polar surface area (TPSA) is 71.4 Å². The molecule has 0 atom stereocenters. The Hall–Kier alpha value is -2.89. The van der Waals surface area contributed by atoms with Crippen LogP contribution in [0.2, 0.25) is 0 Å². The quantitative estimate of drug-likeness (QED) is 0.931. The molecule has 1 fully saturated rings. The number of aromatic nitrogens is 1. The number of anilines is 2. The molecule has 0 radical (unpaired) electrons. The number of carbonyl (C=O) groups is 2. The highest BCUT2D eigenvalue weighted by Gasteiger charge is 2.19. The predicted octanol–water partition coefficient (Wildman–Crippen LogP) is 2.64. The molecule has 1 aromatic heterocycles. The molecule has 1 aliphatic heterocycles. The number of aryl methyl sites for hydroxylation is 1. The second-order valence-electron chi connectivity index (χ2n) is 6.05. The maximum atomic E-state index is 12.4. The van der Waals surface area contributed by atoms with Crippen LogP contribution in [0.15, 0.2) is 47.4 Å². The van der Waals surface area contributed by atoms with E-state index in [2.05, 4.69) is 5.32 Å². The number of carbonyl (C=O) groups excluding carboxylic acids is 2. The molecule has 0 aliphatic carbocycles. The zero-order valence-corrected chi connectivity index (χ0v) is 14.2. The predicted molar refractivity (Wildman–Crippen MR) is 97.0 cm³/mol. The SMILES string of the molecule is CCn1cc(NC(=O)c2ccc(N3CCCCC3=O)cc2)ccc1=O. The molecule has 0 unspecified atom stereocenters. The number of hydrogen-bond donors (Lipinski definition) is 1. The number of nitrogens with zero attached hydrogens (tertiary/aromatic N) is 2. The fourth-order valence-electron chi connectivity index (χ4n) is 2.93. The number of piperidine rings is 1.